The summed E-state index contributed by atoms with van der Waals surface area (Å²) in [5.41, 5.74) is 15.3. The minimum Gasteiger partial charge on any atom is -0.458 e. The van der Waals surface area contributed by atoms with E-state index in [0.29, 0.717) is 35.0 Å². The van der Waals surface area contributed by atoms with Crippen LogP contribution < -0.4 is 11.5 Å². The highest BCUT2D eigenvalue weighted by molar-refractivity contribution is 5.61. The van der Waals surface area contributed by atoms with E-state index in [1.807, 2.05) is 37.3 Å². The molecule has 8 nitrogen and oxygen atoms in total. The average Bonchev–Trinajstić information content (AvgIpc) is 3.18. The van der Waals surface area contributed by atoms with Gasteiger partial charge in [-0.15, -0.1) is 0 Å². The number of aliphatic hydroxyl groups is 1. The van der Waals surface area contributed by atoms with E-state index < -0.39 is 0 Å². The first-order chi connectivity index (χ1) is 12.5. The molecule has 0 spiro atoms. The van der Waals surface area contributed by atoms with E-state index in [0.717, 1.165) is 16.9 Å². The van der Waals surface area contributed by atoms with E-state index in [1.54, 1.807) is 10.6 Å². The molecule has 0 saturated heterocycles. The highest BCUT2D eigenvalue weighted by Crippen LogP contribution is 2.26. The van der Waals surface area contributed by atoms with Gasteiger partial charge >= 0.3 is 0 Å². The predicted octanol–water partition coefficient (Wildman–Crippen LogP) is 1.94. The second-order valence-corrected chi connectivity index (χ2v) is 6.06. The first kappa shape index (κ1) is 16.1. The second kappa shape index (κ2) is 6.16. The minimum absolute atomic E-state index is 0.111. The molecule has 0 unspecified atom stereocenters. The number of nitrogens with zero attached hydrogens (tertiary/aromatic N) is 4. The smallest absolute Gasteiger partial charge is 0.224 e. The molecule has 26 heavy (non-hydrogen) atoms. The molecule has 1 aromatic carbocycles. The molecule has 0 fully saturated rings. The van der Waals surface area contributed by atoms with Crippen LogP contribution in [0.25, 0.3) is 17.2 Å². The highest BCUT2D eigenvalue weighted by atomic mass is 16.3. The number of aromatic nitrogens is 4. The third-order valence-electron chi connectivity index (χ3n) is 4.12. The molecule has 0 aliphatic rings. The van der Waals surface area contributed by atoms with Crippen molar-refractivity contribution in [3.05, 3.63) is 59.0 Å². The van der Waals surface area contributed by atoms with Gasteiger partial charge < -0.3 is 21.0 Å². The van der Waals surface area contributed by atoms with Gasteiger partial charge in [0.15, 0.2) is 11.4 Å². The van der Waals surface area contributed by atoms with Crippen molar-refractivity contribution in [2.24, 2.45) is 0 Å². The Labute approximate surface area is 149 Å². The topological polar surface area (TPSA) is 128 Å². The molecule has 3 heterocycles. The number of hydrogen-bond acceptors (Lipinski definition) is 7. The van der Waals surface area contributed by atoms with E-state index in [1.165, 1.54) is 0 Å². The standard InChI is InChI=1S/C18H18N6O2/c1-10-5-6-15(26-10)17-22-18(20)21-16-13(14(9-25)23-24(16)17)8-11-3-2-4-12(19)7-11/h2-7,25H,8-9,19H2,1H3,(H2,20,21). The van der Waals surface area contributed by atoms with Crippen LogP contribution in [-0.2, 0) is 13.0 Å². The zero-order valence-electron chi connectivity index (χ0n) is 14.2. The van der Waals surface area contributed by atoms with Crippen molar-refractivity contribution in [2.75, 3.05) is 11.5 Å². The molecule has 3 aromatic heterocycles. The van der Waals surface area contributed by atoms with E-state index in [-0.39, 0.29) is 12.6 Å². The molecular formula is C18H18N6O2. The van der Waals surface area contributed by atoms with Crippen LogP contribution in [-0.4, -0.2) is 24.7 Å². The van der Waals surface area contributed by atoms with Crippen LogP contribution in [0.2, 0.25) is 0 Å². The van der Waals surface area contributed by atoms with Gasteiger partial charge in [0.2, 0.25) is 11.8 Å². The molecule has 0 amide bonds. The highest BCUT2D eigenvalue weighted by Gasteiger charge is 2.20. The van der Waals surface area contributed by atoms with Crippen molar-refractivity contribution in [3.63, 3.8) is 0 Å². The number of rotatable bonds is 4. The van der Waals surface area contributed by atoms with Gasteiger partial charge in [0.05, 0.1) is 12.3 Å². The van der Waals surface area contributed by atoms with Crippen molar-refractivity contribution in [1.29, 1.82) is 0 Å². The quantitative estimate of drug-likeness (QED) is 0.480. The molecule has 0 aliphatic heterocycles. The van der Waals surface area contributed by atoms with Crippen molar-refractivity contribution in [3.8, 4) is 11.6 Å². The Morgan fingerprint density at radius 2 is 2.00 bits per heavy atom. The number of nitrogen functional groups attached to an aromatic ring is 2. The van der Waals surface area contributed by atoms with Gasteiger partial charge in [-0.05, 0) is 36.8 Å². The Bertz CT molecular complexity index is 1100. The average molecular weight is 350 g/mol. The van der Waals surface area contributed by atoms with Crippen LogP contribution in [0.5, 0.6) is 0 Å². The summed E-state index contributed by atoms with van der Waals surface area (Å²) in [6.07, 6.45) is 0.511. The molecule has 0 radical (unpaired) electrons. The van der Waals surface area contributed by atoms with Crippen molar-refractivity contribution >= 4 is 17.3 Å². The lowest BCUT2D eigenvalue weighted by Gasteiger charge is -2.05. The first-order valence-corrected chi connectivity index (χ1v) is 8.11. The van der Waals surface area contributed by atoms with Gasteiger partial charge in [0, 0.05) is 17.7 Å². The third kappa shape index (κ3) is 2.76. The molecular weight excluding hydrogens is 332 g/mol. The summed E-state index contributed by atoms with van der Waals surface area (Å²) in [7, 11) is 0. The Hall–Kier alpha value is -3.39. The third-order valence-corrected chi connectivity index (χ3v) is 4.12. The zero-order valence-corrected chi connectivity index (χ0v) is 14.2. The maximum absolute atomic E-state index is 9.78. The SMILES string of the molecule is Cc1ccc(-c2nc(N)nc3c(Cc4cccc(N)c4)c(CO)nn23)o1. The van der Waals surface area contributed by atoms with Gasteiger partial charge in [-0.3, -0.25) is 0 Å². The summed E-state index contributed by atoms with van der Waals surface area (Å²) in [6, 6.07) is 11.2. The van der Waals surface area contributed by atoms with Crippen LogP contribution >= 0.6 is 0 Å². The first-order valence-electron chi connectivity index (χ1n) is 8.11. The number of furan rings is 1. The summed E-state index contributed by atoms with van der Waals surface area (Å²) in [4.78, 5) is 8.61. The largest absolute Gasteiger partial charge is 0.458 e. The Kier molecular flexibility index (Phi) is 3.81. The van der Waals surface area contributed by atoms with Gasteiger partial charge in [0.1, 0.15) is 5.76 Å². The number of benzene rings is 1. The molecule has 0 aliphatic carbocycles. The maximum Gasteiger partial charge on any atom is 0.224 e. The molecule has 0 saturated carbocycles. The number of anilines is 2. The summed E-state index contributed by atoms with van der Waals surface area (Å²) >= 11 is 0. The molecule has 4 aromatic rings. The van der Waals surface area contributed by atoms with Gasteiger partial charge in [-0.25, -0.2) is 0 Å². The summed E-state index contributed by atoms with van der Waals surface area (Å²) in [6.45, 7) is 1.62. The monoisotopic (exact) mass is 350 g/mol. The predicted molar refractivity (Wildman–Crippen MR) is 97.2 cm³/mol. The number of fused-ring (bicyclic) bond motifs is 1. The molecule has 5 N–H and O–H groups in total. The molecule has 4 rings (SSSR count). The fourth-order valence-corrected chi connectivity index (χ4v) is 2.97. The van der Waals surface area contributed by atoms with E-state index >= 15 is 0 Å². The summed E-state index contributed by atoms with van der Waals surface area (Å²) in [5, 5.41) is 14.3. The number of nitrogens with two attached hydrogens (primary N) is 2. The van der Waals surface area contributed by atoms with Crippen molar-refractivity contribution in [1.82, 2.24) is 19.6 Å². The van der Waals surface area contributed by atoms with E-state index in [4.69, 9.17) is 15.9 Å². The van der Waals surface area contributed by atoms with E-state index in [9.17, 15) is 5.11 Å². The molecule has 0 bridgehead atoms. The van der Waals surface area contributed by atoms with Crippen molar-refractivity contribution in [2.45, 2.75) is 20.0 Å². The van der Waals surface area contributed by atoms with E-state index in [2.05, 4.69) is 15.1 Å². The summed E-state index contributed by atoms with van der Waals surface area (Å²) < 4.78 is 7.22. The lowest BCUT2D eigenvalue weighted by atomic mass is 10.0. The van der Waals surface area contributed by atoms with Crippen LogP contribution in [0.3, 0.4) is 0 Å². The minimum atomic E-state index is -0.225. The fraction of sp³-hybridized carbons (Fsp3) is 0.167. The van der Waals surface area contributed by atoms with Crippen LogP contribution in [0, 0.1) is 6.92 Å². The Morgan fingerprint density at radius 3 is 2.69 bits per heavy atom. The van der Waals surface area contributed by atoms with Crippen LogP contribution in [0.1, 0.15) is 22.6 Å². The molecule has 132 valence electrons. The number of hydrogen-bond donors (Lipinski definition) is 3. The maximum atomic E-state index is 9.78. The second-order valence-electron chi connectivity index (χ2n) is 6.06. The zero-order chi connectivity index (χ0) is 18.3. The number of aliphatic hydroxyl groups excluding tert-OH is 1. The van der Waals surface area contributed by atoms with Gasteiger partial charge in [0.25, 0.3) is 0 Å². The fourth-order valence-electron chi connectivity index (χ4n) is 2.97. The Morgan fingerprint density at radius 1 is 1.15 bits per heavy atom. The summed E-state index contributed by atoms with van der Waals surface area (Å²) in [5.74, 6) is 1.83. The molecule has 0 atom stereocenters. The van der Waals surface area contributed by atoms with Gasteiger partial charge in [-0.2, -0.15) is 19.6 Å². The lowest BCUT2D eigenvalue weighted by Crippen LogP contribution is -2.05. The molecule has 8 heteroatoms. The normalized spacial score (nSPS) is 11.3. The van der Waals surface area contributed by atoms with Gasteiger partial charge in [-0.1, -0.05) is 12.1 Å². The van der Waals surface area contributed by atoms with Crippen LogP contribution in [0.4, 0.5) is 11.6 Å². The van der Waals surface area contributed by atoms with Crippen LogP contribution in [0.15, 0.2) is 40.8 Å². The Balaban J connectivity index is 1.91. The lowest BCUT2D eigenvalue weighted by molar-refractivity contribution is 0.275. The number of aryl methyl sites for hydroxylation is 1. The van der Waals surface area contributed by atoms with Crippen molar-refractivity contribution < 1.29 is 9.52 Å².